The molecule has 184 valence electrons. The average molecular weight is 527 g/mol. The number of nitrogens with one attached hydrogen (secondary N) is 1. The zero-order valence-electron chi connectivity index (χ0n) is 19.1. The van der Waals surface area contributed by atoms with Crippen LogP contribution in [-0.2, 0) is 20.9 Å². The van der Waals surface area contributed by atoms with Crippen LogP contribution in [0.25, 0.3) is 6.08 Å². The third-order valence-electron chi connectivity index (χ3n) is 5.08. The lowest BCUT2D eigenvalue weighted by Gasteiger charge is -2.29. The molecule has 0 saturated carbocycles. The van der Waals surface area contributed by atoms with Crippen LogP contribution >= 0.6 is 23.8 Å². The fourth-order valence-corrected chi connectivity index (χ4v) is 3.85. The minimum atomic E-state index is -0.623. The van der Waals surface area contributed by atoms with Crippen molar-refractivity contribution >= 4 is 58.5 Å². The number of rotatable bonds is 7. The molecule has 0 spiro atoms. The summed E-state index contributed by atoms with van der Waals surface area (Å²) in [6.07, 6.45) is 1.43. The van der Waals surface area contributed by atoms with Crippen molar-refractivity contribution < 1.29 is 33.0 Å². The van der Waals surface area contributed by atoms with Crippen molar-refractivity contribution in [2.45, 2.75) is 6.61 Å². The summed E-state index contributed by atoms with van der Waals surface area (Å²) >= 11 is 11.3. The van der Waals surface area contributed by atoms with Crippen molar-refractivity contribution in [1.82, 2.24) is 5.32 Å². The number of hydrogen-bond acceptors (Lipinski definition) is 8. The molecule has 0 bridgehead atoms. The molecule has 2 aromatic carbocycles. The van der Waals surface area contributed by atoms with Crippen molar-refractivity contribution in [3.63, 3.8) is 0 Å². The van der Waals surface area contributed by atoms with Gasteiger partial charge >= 0.3 is 5.97 Å². The van der Waals surface area contributed by atoms with E-state index in [1.165, 1.54) is 31.3 Å². The van der Waals surface area contributed by atoms with Gasteiger partial charge in [-0.1, -0.05) is 23.7 Å². The number of amides is 2. The molecule has 0 unspecified atom stereocenters. The number of carbonyl (C=O) groups is 3. The number of esters is 1. The van der Waals surface area contributed by atoms with Gasteiger partial charge in [0.1, 0.15) is 17.9 Å². The number of carbonyl (C=O) groups excluding carboxylic acids is 3. The Hall–Kier alpha value is -4.15. The van der Waals surface area contributed by atoms with Crippen LogP contribution < -0.4 is 19.7 Å². The van der Waals surface area contributed by atoms with E-state index in [0.29, 0.717) is 33.5 Å². The summed E-state index contributed by atoms with van der Waals surface area (Å²) in [6, 6.07) is 14.6. The number of anilines is 1. The number of halogens is 1. The van der Waals surface area contributed by atoms with Crippen LogP contribution in [0.1, 0.15) is 21.9 Å². The smallest absolute Gasteiger partial charge is 0.373 e. The van der Waals surface area contributed by atoms with E-state index >= 15 is 0 Å². The summed E-state index contributed by atoms with van der Waals surface area (Å²) in [5.74, 6) is -0.595. The van der Waals surface area contributed by atoms with Crippen LogP contribution in [0, 0.1) is 0 Å². The third-order valence-corrected chi connectivity index (χ3v) is 5.60. The second-order valence-corrected chi connectivity index (χ2v) is 8.22. The van der Waals surface area contributed by atoms with Crippen molar-refractivity contribution in [3.8, 4) is 11.5 Å². The van der Waals surface area contributed by atoms with Crippen LogP contribution in [0.4, 0.5) is 5.69 Å². The number of ether oxygens (including phenoxy) is 3. The largest absolute Gasteiger partial charge is 0.493 e. The number of benzene rings is 2. The van der Waals surface area contributed by atoms with E-state index in [-0.39, 0.29) is 23.1 Å². The van der Waals surface area contributed by atoms with E-state index in [0.717, 1.165) is 0 Å². The van der Waals surface area contributed by atoms with Gasteiger partial charge in [0.25, 0.3) is 11.8 Å². The van der Waals surface area contributed by atoms with Crippen LogP contribution in [-0.4, -0.2) is 37.1 Å². The van der Waals surface area contributed by atoms with Gasteiger partial charge in [0.05, 0.1) is 19.9 Å². The van der Waals surface area contributed by atoms with Crippen LogP contribution in [0.5, 0.6) is 11.5 Å². The summed E-state index contributed by atoms with van der Waals surface area (Å²) in [4.78, 5) is 38.5. The Bertz CT molecular complexity index is 1400. The first-order chi connectivity index (χ1) is 17.3. The molecule has 1 N–H and O–H groups in total. The topological polar surface area (TPSA) is 107 Å². The van der Waals surface area contributed by atoms with Gasteiger partial charge in [-0.3, -0.25) is 19.8 Å². The normalized spacial score (nSPS) is 14.6. The number of furan rings is 1. The predicted molar refractivity (Wildman–Crippen MR) is 135 cm³/mol. The first-order valence-electron chi connectivity index (χ1n) is 10.5. The quantitative estimate of drug-likeness (QED) is 0.212. The van der Waals surface area contributed by atoms with Crippen molar-refractivity contribution in [2.75, 3.05) is 19.1 Å². The summed E-state index contributed by atoms with van der Waals surface area (Å²) in [6.45, 7) is 0.0285. The summed E-state index contributed by atoms with van der Waals surface area (Å²) < 4.78 is 21.2. The minimum Gasteiger partial charge on any atom is -0.493 e. The molecule has 1 fully saturated rings. The molecule has 11 heteroatoms. The molecule has 1 aliphatic heterocycles. The van der Waals surface area contributed by atoms with Gasteiger partial charge in [-0.2, -0.15) is 0 Å². The Morgan fingerprint density at radius 1 is 1.11 bits per heavy atom. The highest BCUT2D eigenvalue weighted by Crippen LogP contribution is 2.31. The van der Waals surface area contributed by atoms with E-state index in [1.807, 2.05) is 0 Å². The predicted octanol–water partition coefficient (Wildman–Crippen LogP) is 4.14. The van der Waals surface area contributed by atoms with Gasteiger partial charge in [0, 0.05) is 5.02 Å². The molecule has 1 aromatic heterocycles. The third kappa shape index (κ3) is 5.24. The minimum absolute atomic E-state index is 0.0285. The zero-order valence-corrected chi connectivity index (χ0v) is 20.6. The highest BCUT2D eigenvalue weighted by molar-refractivity contribution is 7.80. The molecule has 1 aliphatic rings. The van der Waals surface area contributed by atoms with E-state index in [9.17, 15) is 14.4 Å². The molecule has 36 heavy (non-hydrogen) atoms. The highest BCUT2D eigenvalue weighted by Gasteiger charge is 2.34. The van der Waals surface area contributed by atoms with Gasteiger partial charge in [-0.05, 0) is 66.3 Å². The maximum absolute atomic E-state index is 13.2. The monoisotopic (exact) mass is 526 g/mol. The Morgan fingerprint density at radius 3 is 2.64 bits per heavy atom. The maximum Gasteiger partial charge on any atom is 0.373 e. The van der Waals surface area contributed by atoms with Crippen molar-refractivity contribution in [1.29, 1.82) is 0 Å². The van der Waals surface area contributed by atoms with Crippen LogP contribution in [0.15, 0.2) is 64.6 Å². The van der Waals surface area contributed by atoms with E-state index < -0.39 is 17.8 Å². The fraction of sp³-hybridized carbons (Fsp3) is 0.120. The second kappa shape index (κ2) is 10.6. The van der Waals surface area contributed by atoms with Gasteiger partial charge < -0.3 is 18.6 Å². The van der Waals surface area contributed by atoms with E-state index in [4.69, 9.17) is 37.7 Å². The summed E-state index contributed by atoms with van der Waals surface area (Å²) in [7, 11) is 2.72. The summed E-state index contributed by atoms with van der Waals surface area (Å²) in [5, 5.41) is 2.90. The van der Waals surface area contributed by atoms with Crippen molar-refractivity contribution in [3.05, 3.63) is 82.3 Å². The molecule has 1 saturated heterocycles. The first kappa shape index (κ1) is 25.0. The number of thiocarbonyl (C=S) groups is 1. The SMILES string of the molecule is COC(=O)c1ccc(COc2ccc(/C=C3/C(=O)NC(=S)N(c4cccc(Cl)c4)C3=O)cc2OC)o1. The molecule has 2 amide bonds. The van der Waals surface area contributed by atoms with Gasteiger partial charge in [-0.15, -0.1) is 0 Å². The second-order valence-electron chi connectivity index (χ2n) is 7.39. The molecular weight excluding hydrogens is 508 g/mol. The molecule has 0 atom stereocenters. The lowest BCUT2D eigenvalue weighted by atomic mass is 10.1. The molecule has 4 rings (SSSR count). The Labute approximate surface area is 216 Å². The number of hydrogen-bond donors (Lipinski definition) is 1. The maximum atomic E-state index is 13.2. The first-order valence-corrected chi connectivity index (χ1v) is 11.2. The van der Waals surface area contributed by atoms with Crippen LogP contribution in [0.3, 0.4) is 0 Å². The molecule has 2 heterocycles. The molecular formula is C25H19ClN2O7S. The van der Waals surface area contributed by atoms with Gasteiger partial charge in [-0.25, -0.2) is 4.79 Å². The lowest BCUT2D eigenvalue weighted by molar-refractivity contribution is -0.122. The van der Waals surface area contributed by atoms with E-state index in [1.54, 1.807) is 48.5 Å². The summed E-state index contributed by atoms with van der Waals surface area (Å²) in [5.41, 5.74) is 0.825. The zero-order chi connectivity index (χ0) is 25.8. The highest BCUT2D eigenvalue weighted by atomic mass is 35.5. The Morgan fingerprint density at radius 2 is 1.92 bits per heavy atom. The van der Waals surface area contributed by atoms with Gasteiger partial charge in [0.15, 0.2) is 16.6 Å². The molecule has 0 aliphatic carbocycles. The Kier molecular flexibility index (Phi) is 7.37. The average Bonchev–Trinajstić information content (AvgIpc) is 3.34. The fourth-order valence-electron chi connectivity index (χ4n) is 3.38. The van der Waals surface area contributed by atoms with E-state index in [2.05, 4.69) is 10.1 Å². The standard InChI is InChI=1S/C25H19ClN2O7S/c1-32-21-11-14(6-8-19(21)34-13-17-7-9-20(35-17)24(31)33-2)10-18-22(29)27-25(36)28(23(18)30)16-5-3-4-15(26)12-16/h3-12H,13H2,1-2H3,(H,27,29,36)/b18-10-. The van der Waals surface area contributed by atoms with Crippen LogP contribution in [0.2, 0.25) is 5.02 Å². The molecule has 3 aromatic rings. The van der Waals surface area contributed by atoms with Crippen molar-refractivity contribution in [2.24, 2.45) is 0 Å². The Balaban J connectivity index is 1.56. The lowest BCUT2D eigenvalue weighted by Crippen LogP contribution is -2.54. The molecule has 0 radical (unpaired) electrons. The van der Waals surface area contributed by atoms with Gasteiger partial charge in [0.2, 0.25) is 5.76 Å². The number of methoxy groups -OCH3 is 2. The molecule has 9 nitrogen and oxygen atoms in total. The number of nitrogens with zero attached hydrogens (tertiary/aromatic N) is 1.